The Balaban J connectivity index is 1.20. The summed E-state index contributed by atoms with van der Waals surface area (Å²) in [5.41, 5.74) is 2.61. The Labute approximate surface area is 208 Å². The van der Waals surface area contributed by atoms with Crippen LogP contribution < -0.4 is 5.32 Å². The maximum atomic E-state index is 11.5. The summed E-state index contributed by atoms with van der Waals surface area (Å²) in [5.74, 6) is 1.37. The Hall–Kier alpha value is -1.94. The van der Waals surface area contributed by atoms with E-state index in [1.54, 1.807) is 12.4 Å². The van der Waals surface area contributed by atoms with E-state index in [9.17, 15) is 8.42 Å². The molecule has 1 saturated carbocycles. The molecule has 180 valence electrons. The molecule has 2 aromatic heterocycles. The minimum atomic E-state index is -2.81. The number of hydrogen-bond donors (Lipinski definition) is 1. The van der Waals surface area contributed by atoms with Crippen molar-refractivity contribution in [2.45, 2.75) is 50.1 Å². The van der Waals surface area contributed by atoms with Gasteiger partial charge in [0.15, 0.2) is 15.0 Å². The second kappa shape index (κ2) is 8.05. The minimum absolute atomic E-state index is 0.00930. The molecule has 0 spiro atoms. The average molecular weight is 521 g/mol. The third kappa shape index (κ3) is 4.06. The van der Waals surface area contributed by atoms with E-state index in [2.05, 4.69) is 33.3 Å². The Morgan fingerprint density at radius 2 is 1.85 bits per heavy atom. The SMILES string of the molecule is CC1(n2ncc(Nc3ncc4cc(Cl)c(C5CCN(C6CS(=O)(=O)C6)CC5)cc4n3)c2Cl)CC1. The van der Waals surface area contributed by atoms with Gasteiger partial charge in [0.05, 0.1) is 34.4 Å². The van der Waals surface area contributed by atoms with Crippen LogP contribution in [0.4, 0.5) is 11.6 Å². The fraction of sp³-hybridized carbons (Fsp3) is 0.522. The third-order valence-corrected chi connectivity index (χ3v) is 9.99. The first-order valence-corrected chi connectivity index (χ1v) is 14.2. The molecule has 0 unspecified atom stereocenters. The van der Waals surface area contributed by atoms with E-state index in [0.717, 1.165) is 60.3 Å². The van der Waals surface area contributed by atoms with Crippen molar-refractivity contribution in [3.05, 3.63) is 40.3 Å². The van der Waals surface area contributed by atoms with E-state index in [4.69, 9.17) is 28.2 Å². The van der Waals surface area contributed by atoms with Crippen LogP contribution in [0.25, 0.3) is 10.9 Å². The van der Waals surface area contributed by atoms with E-state index in [0.29, 0.717) is 34.2 Å². The summed E-state index contributed by atoms with van der Waals surface area (Å²) in [6.45, 7) is 3.92. The van der Waals surface area contributed by atoms with Gasteiger partial charge in [-0.3, -0.25) is 4.90 Å². The maximum Gasteiger partial charge on any atom is 0.227 e. The normalized spacial score (nSPS) is 22.6. The smallest absolute Gasteiger partial charge is 0.227 e. The molecule has 3 aliphatic rings. The van der Waals surface area contributed by atoms with Crippen LogP contribution in [0.5, 0.6) is 0 Å². The summed E-state index contributed by atoms with van der Waals surface area (Å²) in [7, 11) is -2.81. The van der Waals surface area contributed by atoms with Crippen molar-refractivity contribution in [2.75, 3.05) is 29.9 Å². The van der Waals surface area contributed by atoms with Crippen molar-refractivity contribution in [2.24, 2.45) is 0 Å². The first-order valence-electron chi connectivity index (χ1n) is 11.6. The van der Waals surface area contributed by atoms with E-state index < -0.39 is 9.84 Å². The van der Waals surface area contributed by atoms with Crippen LogP contribution in [0.15, 0.2) is 24.5 Å². The highest BCUT2D eigenvalue weighted by atomic mass is 35.5. The summed E-state index contributed by atoms with van der Waals surface area (Å²) >= 11 is 13.2. The van der Waals surface area contributed by atoms with Crippen LogP contribution in [0.1, 0.15) is 44.1 Å². The summed E-state index contributed by atoms with van der Waals surface area (Å²) in [5, 5.41) is 9.82. The van der Waals surface area contributed by atoms with Gasteiger partial charge in [-0.1, -0.05) is 23.2 Å². The van der Waals surface area contributed by atoms with Crippen molar-refractivity contribution in [1.82, 2.24) is 24.6 Å². The van der Waals surface area contributed by atoms with Crippen molar-refractivity contribution < 1.29 is 8.42 Å². The molecule has 1 N–H and O–H groups in total. The summed E-state index contributed by atoms with van der Waals surface area (Å²) < 4.78 is 24.9. The zero-order chi connectivity index (χ0) is 23.7. The Kier molecular flexibility index (Phi) is 5.33. The van der Waals surface area contributed by atoms with E-state index in [-0.39, 0.29) is 11.6 Å². The van der Waals surface area contributed by atoms with Crippen molar-refractivity contribution in [1.29, 1.82) is 0 Å². The van der Waals surface area contributed by atoms with Gasteiger partial charge in [-0.25, -0.2) is 23.1 Å². The first-order chi connectivity index (χ1) is 16.2. The molecule has 2 aliphatic heterocycles. The van der Waals surface area contributed by atoms with Crippen LogP contribution in [0.3, 0.4) is 0 Å². The number of likely N-dealkylation sites (tertiary alicyclic amines) is 1. The number of anilines is 2. The number of hydrogen-bond acceptors (Lipinski definition) is 7. The number of halogens is 2. The Morgan fingerprint density at radius 3 is 2.53 bits per heavy atom. The highest BCUT2D eigenvalue weighted by Gasteiger charge is 2.42. The second-order valence-electron chi connectivity index (χ2n) is 10.0. The highest BCUT2D eigenvalue weighted by Crippen LogP contribution is 2.45. The quantitative estimate of drug-likeness (QED) is 0.533. The first kappa shape index (κ1) is 22.5. The van der Waals surface area contributed by atoms with Gasteiger partial charge in [0, 0.05) is 22.6 Å². The van der Waals surface area contributed by atoms with Crippen LogP contribution in [-0.2, 0) is 15.4 Å². The van der Waals surface area contributed by atoms with Gasteiger partial charge in [-0.05, 0) is 69.3 Å². The molecule has 34 heavy (non-hydrogen) atoms. The molecule has 2 saturated heterocycles. The second-order valence-corrected chi connectivity index (χ2v) is 13.0. The van der Waals surface area contributed by atoms with Crippen molar-refractivity contribution in [3.63, 3.8) is 0 Å². The fourth-order valence-corrected chi connectivity index (χ4v) is 7.24. The van der Waals surface area contributed by atoms with Gasteiger partial charge in [0.1, 0.15) is 0 Å². The molecule has 0 bridgehead atoms. The number of benzene rings is 1. The lowest BCUT2D eigenvalue weighted by molar-refractivity contribution is 0.166. The topological polar surface area (TPSA) is 93.0 Å². The molecule has 11 heteroatoms. The van der Waals surface area contributed by atoms with Gasteiger partial charge >= 0.3 is 0 Å². The molecule has 0 amide bonds. The fourth-order valence-electron chi connectivity index (χ4n) is 5.07. The van der Waals surface area contributed by atoms with Gasteiger partial charge in [-0.15, -0.1) is 0 Å². The zero-order valence-electron chi connectivity index (χ0n) is 18.8. The molecule has 8 nitrogen and oxygen atoms in total. The number of nitrogens with zero attached hydrogens (tertiary/aromatic N) is 5. The Bertz CT molecular complexity index is 1370. The standard InChI is InChI=1S/C23H26Cl2N6O2S/c1-23(4-5-23)31-21(25)20(11-27-31)29-22-26-10-15-8-18(24)17(9-19(15)28-22)14-2-6-30(7-3-14)16-12-34(32,33)13-16/h8-11,14,16H,2-7,12-13H2,1H3,(H,26,28,29). The molecular formula is C23H26Cl2N6O2S. The number of rotatable bonds is 5. The number of aromatic nitrogens is 4. The molecule has 6 rings (SSSR count). The number of sulfone groups is 1. The summed E-state index contributed by atoms with van der Waals surface area (Å²) in [6.07, 6.45) is 7.52. The van der Waals surface area contributed by atoms with Crippen LogP contribution >= 0.6 is 23.2 Å². The summed E-state index contributed by atoms with van der Waals surface area (Å²) in [4.78, 5) is 11.5. The van der Waals surface area contributed by atoms with E-state index in [1.165, 1.54) is 0 Å². The highest BCUT2D eigenvalue weighted by molar-refractivity contribution is 7.92. The lowest BCUT2D eigenvalue weighted by Gasteiger charge is -2.41. The van der Waals surface area contributed by atoms with Gasteiger partial charge in [-0.2, -0.15) is 5.10 Å². The van der Waals surface area contributed by atoms with Crippen LogP contribution in [0, 0.1) is 0 Å². The predicted molar refractivity (Wildman–Crippen MR) is 134 cm³/mol. The lowest BCUT2D eigenvalue weighted by atomic mass is 9.88. The molecule has 3 fully saturated rings. The zero-order valence-corrected chi connectivity index (χ0v) is 21.2. The molecule has 3 aromatic rings. The van der Waals surface area contributed by atoms with Crippen molar-refractivity contribution in [3.8, 4) is 0 Å². The monoisotopic (exact) mass is 520 g/mol. The Morgan fingerprint density at radius 1 is 1.12 bits per heavy atom. The molecule has 1 aromatic carbocycles. The van der Waals surface area contributed by atoms with Crippen LogP contribution in [0.2, 0.25) is 10.2 Å². The van der Waals surface area contributed by atoms with Gasteiger partial charge < -0.3 is 5.32 Å². The largest absolute Gasteiger partial charge is 0.320 e. The van der Waals surface area contributed by atoms with Gasteiger partial charge in [0.25, 0.3) is 0 Å². The van der Waals surface area contributed by atoms with E-state index in [1.807, 2.05) is 10.7 Å². The molecule has 4 heterocycles. The molecule has 1 aliphatic carbocycles. The maximum absolute atomic E-state index is 11.5. The predicted octanol–water partition coefficient (Wildman–Crippen LogP) is 4.36. The number of piperidine rings is 1. The van der Waals surface area contributed by atoms with Crippen molar-refractivity contribution >= 4 is 55.6 Å². The number of nitrogens with one attached hydrogen (secondary N) is 1. The molecule has 0 radical (unpaired) electrons. The third-order valence-electron chi connectivity index (χ3n) is 7.52. The van der Waals surface area contributed by atoms with Gasteiger partial charge in [0.2, 0.25) is 5.95 Å². The molecular weight excluding hydrogens is 495 g/mol. The minimum Gasteiger partial charge on any atom is -0.320 e. The van der Waals surface area contributed by atoms with Crippen LogP contribution in [-0.4, -0.2) is 63.7 Å². The average Bonchev–Trinajstić information content (AvgIpc) is 3.43. The van der Waals surface area contributed by atoms with E-state index >= 15 is 0 Å². The lowest BCUT2D eigenvalue weighted by Crippen LogP contribution is -2.55. The number of fused-ring (bicyclic) bond motifs is 1. The molecule has 0 atom stereocenters. The summed E-state index contributed by atoms with van der Waals surface area (Å²) in [6, 6.07) is 4.17.